The fourth-order valence-corrected chi connectivity index (χ4v) is 8.74. The first-order valence-corrected chi connectivity index (χ1v) is 30.9. The summed E-state index contributed by atoms with van der Waals surface area (Å²) in [6.45, 7) is 6.68. The minimum atomic E-state index is -4.71. The van der Waals surface area contributed by atoms with Gasteiger partial charge in [-0.1, -0.05) is 215 Å². The van der Waals surface area contributed by atoms with E-state index in [0.717, 1.165) is 103 Å². The van der Waals surface area contributed by atoms with E-state index in [1.807, 2.05) is 33.3 Å². The zero-order valence-corrected chi connectivity index (χ0v) is 48.3. The van der Waals surface area contributed by atoms with Crippen LogP contribution in [-0.4, -0.2) is 69.4 Å². The molecule has 9 nitrogen and oxygen atoms in total. The van der Waals surface area contributed by atoms with Gasteiger partial charge >= 0.3 is 5.97 Å². The molecule has 0 saturated carbocycles. The maximum atomic E-state index is 13.5. The summed E-state index contributed by atoms with van der Waals surface area (Å²) >= 11 is 0. The van der Waals surface area contributed by atoms with Gasteiger partial charge in [-0.05, 0) is 102 Å². The number of hydrogen-bond donors (Lipinski definition) is 1. The lowest BCUT2D eigenvalue weighted by Gasteiger charge is -2.30. The van der Waals surface area contributed by atoms with Crippen LogP contribution in [0.25, 0.3) is 0 Å². The van der Waals surface area contributed by atoms with Crippen LogP contribution < -0.4 is 10.2 Å². The molecule has 0 aromatic carbocycles. The molecule has 0 rings (SSSR count). The van der Waals surface area contributed by atoms with E-state index in [2.05, 4.69) is 99.0 Å². The first-order chi connectivity index (χ1) is 34.9. The molecule has 3 unspecified atom stereocenters. The highest BCUT2D eigenvalue weighted by molar-refractivity contribution is 7.45. The van der Waals surface area contributed by atoms with E-state index in [4.69, 9.17) is 13.8 Å². The third-order valence-corrected chi connectivity index (χ3v) is 13.5. The highest BCUT2D eigenvalue weighted by atomic mass is 31.2. The SMILES string of the molecule is CC/C=C\C/C=C\C/C=C\C/C=C\C/C=C\CCCCCC(=O)OC(/C=C/CCCCCCCCCCCC)C(COP(=O)([O-])OCC[N+](C)(C)C)NC(=O)CCCCCCCCC/C=C\CCCCCC. The van der Waals surface area contributed by atoms with E-state index in [-0.39, 0.29) is 24.9 Å². The molecule has 0 bridgehead atoms. The lowest BCUT2D eigenvalue weighted by Crippen LogP contribution is -2.47. The maximum Gasteiger partial charge on any atom is 0.306 e. The Morgan fingerprint density at radius 2 is 0.889 bits per heavy atom. The first-order valence-electron chi connectivity index (χ1n) is 29.4. The number of likely N-dealkylation sites (N-methyl/N-ethyl adjacent to an activating group) is 1. The molecule has 1 amide bonds. The molecule has 0 aromatic rings. The Hall–Kier alpha value is -2.81. The number of ether oxygens (including phenoxy) is 1. The largest absolute Gasteiger partial charge is 0.756 e. The van der Waals surface area contributed by atoms with E-state index in [9.17, 15) is 19.0 Å². The van der Waals surface area contributed by atoms with Crippen LogP contribution in [0.2, 0.25) is 0 Å². The molecule has 0 radical (unpaired) electrons. The Labute approximate surface area is 444 Å². The average molecular weight is 1030 g/mol. The second-order valence-corrected chi connectivity index (χ2v) is 22.2. The maximum absolute atomic E-state index is 13.5. The van der Waals surface area contributed by atoms with Gasteiger partial charge in [0, 0.05) is 12.8 Å². The van der Waals surface area contributed by atoms with E-state index < -0.39 is 26.6 Å². The lowest BCUT2D eigenvalue weighted by atomic mass is 10.0. The zero-order valence-electron chi connectivity index (χ0n) is 47.4. The predicted octanol–water partition coefficient (Wildman–Crippen LogP) is 17.2. The van der Waals surface area contributed by atoms with Crippen molar-refractivity contribution in [1.82, 2.24) is 5.32 Å². The number of hydrogen-bond acceptors (Lipinski definition) is 7. The van der Waals surface area contributed by atoms with E-state index in [0.29, 0.717) is 23.9 Å². The van der Waals surface area contributed by atoms with E-state index in [1.54, 1.807) is 0 Å². The number of phosphoric ester groups is 1. The van der Waals surface area contributed by atoms with Crippen molar-refractivity contribution < 1.29 is 37.3 Å². The van der Waals surface area contributed by atoms with Crippen molar-refractivity contribution in [3.63, 3.8) is 0 Å². The molecule has 0 saturated heterocycles. The van der Waals surface area contributed by atoms with Crippen LogP contribution >= 0.6 is 7.82 Å². The highest BCUT2D eigenvalue weighted by Gasteiger charge is 2.27. The van der Waals surface area contributed by atoms with Crippen molar-refractivity contribution >= 4 is 19.7 Å². The third-order valence-electron chi connectivity index (χ3n) is 12.6. The van der Waals surface area contributed by atoms with Gasteiger partial charge in [0.1, 0.15) is 19.3 Å². The molecule has 10 heteroatoms. The Kier molecular flexibility index (Phi) is 49.6. The van der Waals surface area contributed by atoms with Crippen LogP contribution in [0.1, 0.15) is 245 Å². The van der Waals surface area contributed by atoms with Gasteiger partial charge < -0.3 is 28.5 Å². The number of nitrogens with zero attached hydrogens (tertiary/aromatic N) is 1. The molecule has 0 aromatic heterocycles. The Balaban J connectivity index is 5.39. The average Bonchev–Trinajstić information content (AvgIpc) is 3.34. The Morgan fingerprint density at radius 1 is 0.500 bits per heavy atom. The number of rotatable bonds is 52. The van der Waals surface area contributed by atoms with Gasteiger partial charge in [-0.3, -0.25) is 14.2 Å². The fraction of sp³-hybridized carbons (Fsp3) is 0.742. The van der Waals surface area contributed by atoms with E-state index >= 15 is 0 Å². The third kappa shape index (κ3) is 52.1. The summed E-state index contributed by atoms with van der Waals surface area (Å²) in [7, 11) is 1.15. The molecule has 3 atom stereocenters. The topological polar surface area (TPSA) is 114 Å². The molecule has 0 heterocycles. The number of carbonyl (C=O) groups excluding carboxylic acids is 2. The fourth-order valence-electron chi connectivity index (χ4n) is 8.01. The molecule has 0 fully saturated rings. The first kappa shape index (κ1) is 69.2. The number of carbonyl (C=O) groups is 2. The predicted molar refractivity (Wildman–Crippen MR) is 307 cm³/mol. The van der Waals surface area contributed by atoms with Gasteiger partial charge in [0.15, 0.2) is 0 Å². The molecule has 0 aliphatic heterocycles. The molecule has 1 N–H and O–H groups in total. The molecule has 0 aliphatic carbocycles. The molecule has 416 valence electrons. The van der Waals surface area contributed by atoms with E-state index in [1.165, 1.54) is 103 Å². The molecular formula is C62H111N2O7P. The standard InChI is InChI=1S/C62H111N2O7P/c1-7-10-13-16-19-22-25-28-30-31-32-33-35-37-40-43-46-49-52-55-62(66)71-60(53-50-47-44-41-38-27-24-21-18-15-12-9-3)59(58-70-72(67,68)69-57-56-64(4,5)6)63-61(65)54-51-48-45-42-39-36-34-29-26-23-20-17-14-11-8-2/h10,13,19,22-23,26,28,30,32-33,37,40,50,53,59-60H,7-9,11-12,14-18,20-21,24-25,27,29,31,34-36,38-39,41-49,51-52,54-58H2,1-6H3,(H-,63,65,67,68)/b13-10-,22-19-,26-23-,30-28-,33-32-,40-37-,53-50+. The lowest BCUT2D eigenvalue weighted by molar-refractivity contribution is -0.870. The second kappa shape index (κ2) is 51.7. The number of esters is 1. The smallest absolute Gasteiger partial charge is 0.306 e. The van der Waals surface area contributed by atoms with Crippen molar-refractivity contribution in [3.8, 4) is 0 Å². The van der Waals surface area contributed by atoms with Gasteiger partial charge in [0.05, 0.1) is 33.8 Å². The Morgan fingerprint density at radius 3 is 1.38 bits per heavy atom. The highest BCUT2D eigenvalue weighted by Crippen LogP contribution is 2.38. The molecule has 72 heavy (non-hydrogen) atoms. The summed E-state index contributed by atoms with van der Waals surface area (Å²) in [4.78, 5) is 39.9. The minimum Gasteiger partial charge on any atom is -0.756 e. The van der Waals surface area contributed by atoms with Crippen molar-refractivity contribution in [2.75, 3.05) is 40.9 Å². The van der Waals surface area contributed by atoms with Crippen LogP contribution in [0.15, 0.2) is 85.1 Å². The number of phosphoric acid groups is 1. The van der Waals surface area contributed by atoms with Gasteiger partial charge in [0.2, 0.25) is 5.91 Å². The number of quaternary nitrogens is 1. The monoisotopic (exact) mass is 1030 g/mol. The van der Waals surface area contributed by atoms with Crippen LogP contribution in [0.3, 0.4) is 0 Å². The second-order valence-electron chi connectivity index (χ2n) is 20.8. The molecule has 0 spiro atoms. The molecule has 0 aliphatic rings. The summed E-state index contributed by atoms with van der Waals surface area (Å²) in [5, 5.41) is 3.01. The van der Waals surface area contributed by atoms with Gasteiger partial charge in [-0.25, -0.2) is 0 Å². The summed E-state index contributed by atoms with van der Waals surface area (Å²) in [5.74, 6) is -0.586. The van der Waals surface area contributed by atoms with Crippen LogP contribution in [0.4, 0.5) is 0 Å². The van der Waals surface area contributed by atoms with Gasteiger partial charge in [-0.2, -0.15) is 0 Å². The summed E-state index contributed by atoms with van der Waals surface area (Å²) in [6, 6.07) is -0.907. The van der Waals surface area contributed by atoms with Crippen molar-refractivity contribution in [3.05, 3.63) is 85.1 Å². The van der Waals surface area contributed by atoms with Crippen molar-refractivity contribution in [1.29, 1.82) is 0 Å². The zero-order chi connectivity index (χ0) is 52.9. The summed E-state index contributed by atoms with van der Waals surface area (Å²) < 4.78 is 30.2. The number of amides is 1. The normalized spacial score (nSPS) is 14.4. The summed E-state index contributed by atoms with van der Waals surface area (Å²) in [6.07, 6.45) is 66.9. The number of allylic oxidation sites excluding steroid dienone is 13. The molecular weight excluding hydrogens is 916 g/mol. The minimum absolute atomic E-state index is 0.0319. The van der Waals surface area contributed by atoms with Crippen LogP contribution in [0, 0.1) is 0 Å². The van der Waals surface area contributed by atoms with Gasteiger partial charge in [-0.15, -0.1) is 0 Å². The Bertz CT molecular complexity index is 1510. The number of nitrogens with one attached hydrogen (secondary N) is 1. The van der Waals surface area contributed by atoms with Gasteiger partial charge in [0.25, 0.3) is 7.82 Å². The quantitative estimate of drug-likeness (QED) is 0.0212. The van der Waals surface area contributed by atoms with Crippen molar-refractivity contribution in [2.24, 2.45) is 0 Å². The number of unbranched alkanes of at least 4 members (excludes halogenated alkanes) is 24. The van der Waals surface area contributed by atoms with Crippen LogP contribution in [-0.2, 0) is 27.9 Å². The van der Waals surface area contributed by atoms with Crippen molar-refractivity contribution in [2.45, 2.75) is 258 Å². The van der Waals surface area contributed by atoms with Crippen LogP contribution in [0.5, 0.6) is 0 Å². The summed E-state index contributed by atoms with van der Waals surface area (Å²) in [5.41, 5.74) is 0.